The summed E-state index contributed by atoms with van der Waals surface area (Å²) >= 11 is 0. The third-order valence-corrected chi connectivity index (χ3v) is 3.61. The largest absolute Gasteiger partial charge is 0.481 e. The van der Waals surface area contributed by atoms with Gasteiger partial charge in [-0.3, -0.25) is 9.78 Å². The molecule has 23 heavy (non-hydrogen) atoms. The smallest absolute Gasteiger partial charge is 0.257 e. The lowest BCUT2D eigenvalue weighted by Gasteiger charge is -2.09. The summed E-state index contributed by atoms with van der Waals surface area (Å²) in [6.07, 6.45) is 1.56. The number of rotatable bonds is 3. The predicted octanol–water partition coefficient (Wildman–Crippen LogP) is 3.51. The molecular formula is C18H17N3O2. The third-order valence-electron chi connectivity index (χ3n) is 3.61. The molecule has 0 saturated carbocycles. The lowest BCUT2D eigenvalue weighted by Crippen LogP contribution is -2.14. The molecule has 5 nitrogen and oxygen atoms in total. The molecule has 0 saturated heterocycles. The lowest BCUT2D eigenvalue weighted by atomic mass is 10.1. The van der Waals surface area contributed by atoms with Gasteiger partial charge in [-0.1, -0.05) is 11.6 Å². The highest BCUT2D eigenvalue weighted by Crippen LogP contribution is 2.19. The fraction of sp³-hybridized carbons (Fsp3) is 0.167. The summed E-state index contributed by atoms with van der Waals surface area (Å²) in [5.74, 6) is 0.299. The molecule has 0 aliphatic rings. The molecule has 0 aliphatic heterocycles. The van der Waals surface area contributed by atoms with Gasteiger partial charge in [-0.25, -0.2) is 4.98 Å². The fourth-order valence-electron chi connectivity index (χ4n) is 2.40. The number of nitrogens with one attached hydrogen (secondary N) is 1. The Morgan fingerprint density at radius 1 is 1.13 bits per heavy atom. The summed E-state index contributed by atoms with van der Waals surface area (Å²) in [6.45, 7) is 3.85. The third kappa shape index (κ3) is 3.13. The van der Waals surface area contributed by atoms with Gasteiger partial charge in [0.25, 0.3) is 5.91 Å². The molecule has 0 atom stereocenters. The number of carbonyl (C=O) groups excluding carboxylic acids is 1. The molecule has 1 amide bonds. The first-order valence-electron chi connectivity index (χ1n) is 7.26. The quantitative estimate of drug-likeness (QED) is 0.804. The first-order chi connectivity index (χ1) is 11.1. The monoisotopic (exact) mass is 307 g/mol. The number of aryl methyl sites for hydroxylation is 2. The first kappa shape index (κ1) is 15.0. The highest BCUT2D eigenvalue weighted by molar-refractivity contribution is 6.06. The highest BCUT2D eigenvalue weighted by Gasteiger charge is 2.12. The minimum atomic E-state index is -0.203. The van der Waals surface area contributed by atoms with Crippen LogP contribution in [0.3, 0.4) is 0 Å². The molecule has 1 N–H and O–H groups in total. The molecule has 2 heterocycles. The van der Waals surface area contributed by atoms with Gasteiger partial charge in [0.2, 0.25) is 5.88 Å². The molecule has 2 aromatic heterocycles. The van der Waals surface area contributed by atoms with E-state index in [4.69, 9.17) is 4.74 Å². The van der Waals surface area contributed by atoms with Gasteiger partial charge in [0, 0.05) is 11.5 Å². The van der Waals surface area contributed by atoms with Crippen molar-refractivity contribution in [3.8, 4) is 5.88 Å². The van der Waals surface area contributed by atoms with Crippen LogP contribution in [0.15, 0.2) is 42.6 Å². The number of hydrogen-bond donors (Lipinski definition) is 1. The van der Waals surface area contributed by atoms with Gasteiger partial charge < -0.3 is 10.1 Å². The molecule has 3 rings (SSSR count). The van der Waals surface area contributed by atoms with E-state index in [1.165, 1.54) is 0 Å². The maximum absolute atomic E-state index is 12.5. The normalized spacial score (nSPS) is 10.6. The van der Waals surface area contributed by atoms with Crippen molar-refractivity contribution in [1.82, 2.24) is 9.97 Å². The number of fused-ring (bicyclic) bond motifs is 1. The van der Waals surface area contributed by atoms with E-state index in [0.29, 0.717) is 22.8 Å². The van der Waals surface area contributed by atoms with Crippen molar-refractivity contribution in [2.45, 2.75) is 13.8 Å². The van der Waals surface area contributed by atoms with E-state index in [1.807, 2.05) is 38.1 Å². The molecule has 5 heteroatoms. The summed E-state index contributed by atoms with van der Waals surface area (Å²) in [5, 5.41) is 3.79. The van der Waals surface area contributed by atoms with Gasteiger partial charge in [0.1, 0.15) is 0 Å². The lowest BCUT2D eigenvalue weighted by molar-refractivity contribution is 0.102. The Morgan fingerprint density at radius 3 is 2.65 bits per heavy atom. The van der Waals surface area contributed by atoms with Crippen LogP contribution in [0.1, 0.15) is 21.6 Å². The number of methoxy groups -OCH3 is 1. The van der Waals surface area contributed by atoms with Crippen LogP contribution >= 0.6 is 0 Å². The summed E-state index contributed by atoms with van der Waals surface area (Å²) in [7, 11) is 1.55. The van der Waals surface area contributed by atoms with E-state index in [0.717, 1.165) is 16.5 Å². The van der Waals surface area contributed by atoms with Crippen LogP contribution in [0.4, 0.5) is 5.69 Å². The number of pyridine rings is 2. The maximum atomic E-state index is 12.5. The van der Waals surface area contributed by atoms with Gasteiger partial charge in [-0.05, 0) is 38.1 Å². The number of anilines is 1. The summed E-state index contributed by atoms with van der Waals surface area (Å²) in [6, 6.07) is 11.3. The van der Waals surface area contributed by atoms with E-state index in [1.54, 1.807) is 25.4 Å². The second-order valence-electron chi connectivity index (χ2n) is 5.36. The second-order valence-corrected chi connectivity index (χ2v) is 5.36. The number of nitrogens with zero attached hydrogens (tertiary/aromatic N) is 2. The fourth-order valence-corrected chi connectivity index (χ4v) is 2.40. The van der Waals surface area contributed by atoms with Crippen LogP contribution < -0.4 is 10.1 Å². The van der Waals surface area contributed by atoms with Gasteiger partial charge in [0.05, 0.1) is 35.8 Å². The standard InChI is InChI=1S/C18H17N3O2/c1-11-4-6-16-13(8-11)9-15(12(2)20-16)18(22)21-14-5-7-17(23-3)19-10-14/h4-10H,1-3H3,(H,21,22). The van der Waals surface area contributed by atoms with Crippen LogP contribution in [0.5, 0.6) is 5.88 Å². The Bertz CT molecular complexity index is 873. The molecule has 1 aromatic carbocycles. The summed E-state index contributed by atoms with van der Waals surface area (Å²) in [4.78, 5) is 21.1. The molecule has 3 aromatic rings. The number of aromatic nitrogens is 2. The van der Waals surface area contributed by atoms with E-state index >= 15 is 0 Å². The van der Waals surface area contributed by atoms with Crippen LogP contribution in [0, 0.1) is 13.8 Å². The van der Waals surface area contributed by atoms with Gasteiger partial charge in [-0.2, -0.15) is 0 Å². The van der Waals surface area contributed by atoms with Crippen LogP contribution in [0.25, 0.3) is 10.9 Å². The summed E-state index contributed by atoms with van der Waals surface area (Å²) in [5.41, 5.74) is 3.88. The van der Waals surface area contributed by atoms with Gasteiger partial charge >= 0.3 is 0 Å². The topological polar surface area (TPSA) is 64.1 Å². The van der Waals surface area contributed by atoms with Gasteiger partial charge in [0.15, 0.2) is 0 Å². The maximum Gasteiger partial charge on any atom is 0.257 e. The zero-order valence-corrected chi connectivity index (χ0v) is 13.3. The van der Waals surface area contributed by atoms with E-state index in [-0.39, 0.29) is 5.91 Å². The number of amides is 1. The molecule has 0 fully saturated rings. The Hall–Kier alpha value is -2.95. The zero-order valence-electron chi connectivity index (χ0n) is 13.3. The molecule has 0 radical (unpaired) electrons. The zero-order chi connectivity index (χ0) is 16.4. The summed E-state index contributed by atoms with van der Waals surface area (Å²) < 4.78 is 5.00. The van der Waals surface area contributed by atoms with Crippen molar-refractivity contribution in [2.24, 2.45) is 0 Å². The molecular weight excluding hydrogens is 290 g/mol. The Balaban J connectivity index is 1.91. The van der Waals surface area contributed by atoms with Crippen molar-refractivity contribution in [1.29, 1.82) is 0 Å². The van der Waals surface area contributed by atoms with Crippen molar-refractivity contribution in [3.05, 3.63) is 59.4 Å². The predicted molar refractivity (Wildman–Crippen MR) is 90.0 cm³/mol. The number of carbonyl (C=O) groups is 1. The number of ether oxygens (including phenoxy) is 1. The van der Waals surface area contributed by atoms with Crippen LogP contribution in [-0.4, -0.2) is 23.0 Å². The van der Waals surface area contributed by atoms with Crippen molar-refractivity contribution in [2.75, 3.05) is 12.4 Å². The first-order valence-corrected chi connectivity index (χ1v) is 7.26. The highest BCUT2D eigenvalue weighted by atomic mass is 16.5. The minimum Gasteiger partial charge on any atom is -0.481 e. The molecule has 116 valence electrons. The Labute approximate surface area is 134 Å². The Kier molecular flexibility index (Phi) is 3.93. The molecule has 0 spiro atoms. The van der Waals surface area contributed by atoms with Crippen LogP contribution in [-0.2, 0) is 0 Å². The average molecular weight is 307 g/mol. The average Bonchev–Trinajstić information content (AvgIpc) is 2.55. The van der Waals surface area contributed by atoms with Crippen molar-refractivity contribution >= 4 is 22.5 Å². The second kappa shape index (κ2) is 6.04. The minimum absolute atomic E-state index is 0.203. The van der Waals surface area contributed by atoms with Crippen LogP contribution in [0.2, 0.25) is 0 Å². The van der Waals surface area contributed by atoms with E-state index < -0.39 is 0 Å². The van der Waals surface area contributed by atoms with Crippen molar-refractivity contribution < 1.29 is 9.53 Å². The number of benzene rings is 1. The van der Waals surface area contributed by atoms with Gasteiger partial charge in [-0.15, -0.1) is 0 Å². The number of hydrogen-bond acceptors (Lipinski definition) is 4. The molecule has 0 bridgehead atoms. The molecule has 0 unspecified atom stereocenters. The van der Waals surface area contributed by atoms with E-state index in [9.17, 15) is 4.79 Å². The van der Waals surface area contributed by atoms with E-state index in [2.05, 4.69) is 15.3 Å². The van der Waals surface area contributed by atoms with Crippen molar-refractivity contribution in [3.63, 3.8) is 0 Å². The Morgan fingerprint density at radius 2 is 1.96 bits per heavy atom. The SMILES string of the molecule is COc1ccc(NC(=O)c2cc3cc(C)ccc3nc2C)cn1. The molecule has 0 aliphatic carbocycles.